The first-order chi connectivity index (χ1) is 9.60. The standard InChI is InChI=1S/C15H20O5/c1-4-7-20-15(17)6-5-14(16)11-8-12(18-2)10-13(9-11)19-3/h8-10H,4-7H2,1-3H3. The fraction of sp³-hybridized carbons (Fsp3) is 0.467. The molecule has 110 valence electrons. The summed E-state index contributed by atoms with van der Waals surface area (Å²) in [6, 6.07) is 4.94. The van der Waals surface area contributed by atoms with Gasteiger partial charge in [-0.05, 0) is 18.6 Å². The molecular weight excluding hydrogens is 260 g/mol. The minimum absolute atomic E-state index is 0.0817. The molecule has 0 aliphatic carbocycles. The third kappa shape index (κ3) is 4.91. The van der Waals surface area contributed by atoms with Crippen molar-refractivity contribution in [3.8, 4) is 11.5 Å². The highest BCUT2D eigenvalue weighted by Gasteiger charge is 2.12. The average Bonchev–Trinajstić information content (AvgIpc) is 2.49. The molecule has 0 aliphatic heterocycles. The van der Waals surface area contributed by atoms with Crippen LogP contribution in [0.25, 0.3) is 0 Å². The Hall–Kier alpha value is -2.04. The maximum absolute atomic E-state index is 12.0. The Morgan fingerprint density at radius 2 is 1.60 bits per heavy atom. The Bertz CT molecular complexity index is 445. The molecule has 0 saturated carbocycles. The third-order valence-corrected chi connectivity index (χ3v) is 2.70. The normalized spacial score (nSPS) is 9.95. The lowest BCUT2D eigenvalue weighted by atomic mass is 10.1. The molecule has 0 spiro atoms. The topological polar surface area (TPSA) is 61.8 Å². The van der Waals surface area contributed by atoms with Crippen molar-refractivity contribution in [3.05, 3.63) is 23.8 Å². The van der Waals surface area contributed by atoms with Crippen LogP contribution in [0.2, 0.25) is 0 Å². The predicted molar refractivity (Wildman–Crippen MR) is 74.4 cm³/mol. The van der Waals surface area contributed by atoms with Crippen molar-refractivity contribution in [2.24, 2.45) is 0 Å². The highest BCUT2D eigenvalue weighted by Crippen LogP contribution is 2.23. The molecule has 0 heterocycles. The number of ketones is 1. The summed E-state index contributed by atoms with van der Waals surface area (Å²) in [5.74, 6) is 0.591. The summed E-state index contributed by atoms with van der Waals surface area (Å²) in [5.41, 5.74) is 0.462. The molecule has 1 aromatic carbocycles. The summed E-state index contributed by atoms with van der Waals surface area (Å²) < 4.78 is 15.1. The highest BCUT2D eigenvalue weighted by molar-refractivity contribution is 5.98. The van der Waals surface area contributed by atoms with E-state index in [2.05, 4.69) is 0 Å². The van der Waals surface area contributed by atoms with Gasteiger partial charge in [-0.25, -0.2) is 0 Å². The quantitative estimate of drug-likeness (QED) is 0.541. The van der Waals surface area contributed by atoms with Gasteiger partial charge in [0, 0.05) is 18.1 Å². The summed E-state index contributed by atoms with van der Waals surface area (Å²) in [6.07, 6.45) is 0.962. The highest BCUT2D eigenvalue weighted by atomic mass is 16.5. The molecular formula is C15H20O5. The number of rotatable bonds is 8. The molecule has 0 atom stereocenters. The van der Waals surface area contributed by atoms with Crippen LogP contribution in [0.4, 0.5) is 0 Å². The number of benzene rings is 1. The Balaban J connectivity index is 2.65. The molecule has 5 heteroatoms. The van der Waals surface area contributed by atoms with Gasteiger partial charge < -0.3 is 14.2 Å². The molecule has 0 aromatic heterocycles. The summed E-state index contributed by atoms with van der Waals surface area (Å²) in [4.78, 5) is 23.4. The molecule has 0 saturated heterocycles. The number of hydrogen-bond donors (Lipinski definition) is 0. The van der Waals surface area contributed by atoms with E-state index in [1.165, 1.54) is 14.2 Å². The van der Waals surface area contributed by atoms with Crippen molar-refractivity contribution in [2.45, 2.75) is 26.2 Å². The minimum Gasteiger partial charge on any atom is -0.497 e. The van der Waals surface area contributed by atoms with Crippen LogP contribution in [0.15, 0.2) is 18.2 Å². The van der Waals surface area contributed by atoms with E-state index in [1.807, 2.05) is 6.92 Å². The lowest BCUT2D eigenvalue weighted by Crippen LogP contribution is -2.09. The largest absolute Gasteiger partial charge is 0.497 e. The van der Waals surface area contributed by atoms with Crippen LogP contribution in [0.3, 0.4) is 0 Å². The van der Waals surface area contributed by atoms with Gasteiger partial charge in [0.1, 0.15) is 11.5 Å². The Morgan fingerprint density at radius 1 is 1.00 bits per heavy atom. The fourth-order valence-electron chi connectivity index (χ4n) is 1.62. The van der Waals surface area contributed by atoms with E-state index in [0.717, 1.165) is 6.42 Å². The number of hydrogen-bond acceptors (Lipinski definition) is 5. The van der Waals surface area contributed by atoms with E-state index < -0.39 is 0 Å². The van der Waals surface area contributed by atoms with Crippen LogP contribution in [0.5, 0.6) is 11.5 Å². The Morgan fingerprint density at radius 3 is 2.10 bits per heavy atom. The second-order valence-corrected chi connectivity index (χ2v) is 4.24. The van der Waals surface area contributed by atoms with Crippen molar-refractivity contribution in [1.29, 1.82) is 0 Å². The third-order valence-electron chi connectivity index (χ3n) is 2.70. The van der Waals surface area contributed by atoms with Gasteiger partial charge in [-0.1, -0.05) is 6.92 Å². The molecule has 0 aliphatic rings. The van der Waals surface area contributed by atoms with E-state index in [0.29, 0.717) is 23.7 Å². The predicted octanol–water partition coefficient (Wildman–Crippen LogP) is 2.62. The van der Waals surface area contributed by atoms with E-state index in [-0.39, 0.29) is 24.6 Å². The molecule has 0 N–H and O–H groups in total. The summed E-state index contributed by atoms with van der Waals surface area (Å²) in [6.45, 7) is 2.31. The van der Waals surface area contributed by atoms with E-state index in [1.54, 1.807) is 18.2 Å². The van der Waals surface area contributed by atoms with Gasteiger partial charge in [-0.15, -0.1) is 0 Å². The van der Waals surface area contributed by atoms with Crippen LogP contribution < -0.4 is 9.47 Å². The van der Waals surface area contributed by atoms with Gasteiger partial charge in [0.15, 0.2) is 5.78 Å². The first kappa shape index (κ1) is 16.0. The lowest BCUT2D eigenvalue weighted by molar-refractivity contribution is -0.143. The maximum atomic E-state index is 12.0. The lowest BCUT2D eigenvalue weighted by Gasteiger charge is -2.08. The van der Waals surface area contributed by atoms with Gasteiger partial charge in [-0.3, -0.25) is 9.59 Å². The van der Waals surface area contributed by atoms with Gasteiger partial charge in [-0.2, -0.15) is 0 Å². The molecule has 0 fully saturated rings. The molecule has 20 heavy (non-hydrogen) atoms. The molecule has 1 aromatic rings. The zero-order valence-electron chi connectivity index (χ0n) is 12.1. The summed E-state index contributed by atoms with van der Waals surface area (Å²) in [7, 11) is 3.04. The van der Waals surface area contributed by atoms with Gasteiger partial charge in [0.05, 0.1) is 27.2 Å². The summed E-state index contributed by atoms with van der Waals surface area (Å²) in [5, 5.41) is 0. The molecule has 0 unspecified atom stereocenters. The summed E-state index contributed by atoms with van der Waals surface area (Å²) >= 11 is 0. The second kappa shape index (κ2) is 8.19. The first-order valence-corrected chi connectivity index (χ1v) is 6.52. The van der Waals surface area contributed by atoms with Crippen LogP contribution >= 0.6 is 0 Å². The van der Waals surface area contributed by atoms with Crippen molar-refractivity contribution >= 4 is 11.8 Å². The molecule has 0 bridgehead atoms. The number of carbonyl (C=O) groups is 2. The van der Waals surface area contributed by atoms with Gasteiger partial charge >= 0.3 is 5.97 Å². The van der Waals surface area contributed by atoms with Gasteiger partial charge in [0.2, 0.25) is 0 Å². The zero-order chi connectivity index (χ0) is 15.0. The van der Waals surface area contributed by atoms with Crippen molar-refractivity contribution in [2.75, 3.05) is 20.8 Å². The van der Waals surface area contributed by atoms with Crippen LogP contribution in [-0.4, -0.2) is 32.6 Å². The SMILES string of the molecule is CCCOC(=O)CCC(=O)c1cc(OC)cc(OC)c1. The monoisotopic (exact) mass is 280 g/mol. The Kier molecular flexibility index (Phi) is 6.56. The van der Waals surface area contributed by atoms with E-state index in [9.17, 15) is 9.59 Å². The number of carbonyl (C=O) groups excluding carboxylic acids is 2. The fourth-order valence-corrected chi connectivity index (χ4v) is 1.62. The Labute approximate surface area is 118 Å². The second-order valence-electron chi connectivity index (χ2n) is 4.24. The maximum Gasteiger partial charge on any atom is 0.306 e. The first-order valence-electron chi connectivity index (χ1n) is 6.52. The van der Waals surface area contributed by atoms with Crippen LogP contribution in [0, 0.1) is 0 Å². The molecule has 1 rings (SSSR count). The van der Waals surface area contributed by atoms with E-state index in [4.69, 9.17) is 14.2 Å². The number of Topliss-reactive ketones (excluding diaryl/α,β-unsaturated/α-hetero) is 1. The number of methoxy groups -OCH3 is 2. The van der Waals surface area contributed by atoms with Crippen LogP contribution in [-0.2, 0) is 9.53 Å². The number of ether oxygens (including phenoxy) is 3. The van der Waals surface area contributed by atoms with E-state index >= 15 is 0 Å². The van der Waals surface area contributed by atoms with Crippen molar-refractivity contribution in [3.63, 3.8) is 0 Å². The minimum atomic E-state index is -0.352. The van der Waals surface area contributed by atoms with Crippen molar-refractivity contribution in [1.82, 2.24) is 0 Å². The van der Waals surface area contributed by atoms with Crippen LogP contribution in [0.1, 0.15) is 36.5 Å². The average molecular weight is 280 g/mol. The van der Waals surface area contributed by atoms with Gasteiger partial charge in [0.25, 0.3) is 0 Å². The van der Waals surface area contributed by atoms with Crippen molar-refractivity contribution < 1.29 is 23.8 Å². The smallest absolute Gasteiger partial charge is 0.306 e. The molecule has 5 nitrogen and oxygen atoms in total. The molecule has 0 radical (unpaired) electrons. The zero-order valence-corrected chi connectivity index (χ0v) is 12.1. The molecule has 0 amide bonds. The number of esters is 1.